The van der Waals surface area contributed by atoms with Gasteiger partial charge in [0.05, 0.1) is 6.61 Å². The molecule has 0 saturated heterocycles. The summed E-state index contributed by atoms with van der Waals surface area (Å²) in [7, 11) is 0. The van der Waals surface area contributed by atoms with Crippen molar-refractivity contribution in [2.75, 3.05) is 6.61 Å². The molecule has 0 aromatic rings. The van der Waals surface area contributed by atoms with Crippen molar-refractivity contribution in [1.29, 1.82) is 0 Å². The van der Waals surface area contributed by atoms with E-state index in [-0.39, 0.29) is 5.97 Å². The monoisotopic (exact) mass is 224 g/mol. The topological polar surface area (TPSA) is 26.3 Å². The van der Waals surface area contributed by atoms with Crippen molar-refractivity contribution in [3.63, 3.8) is 0 Å². The fraction of sp³-hybridized carbons (Fsp3) is 0.786. The quantitative estimate of drug-likeness (QED) is 0.401. The number of rotatable bonds is 5. The molecule has 0 aliphatic heterocycles. The fourth-order valence-electron chi connectivity index (χ4n) is 2.22. The van der Waals surface area contributed by atoms with Crippen molar-refractivity contribution in [1.82, 2.24) is 0 Å². The lowest BCUT2D eigenvalue weighted by atomic mass is 9.90. The highest BCUT2D eigenvalue weighted by Gasteiger charge is 2.16. The van der Waals surface area contributed by atoms with Crippen LogP contribution in [0, 0.1) is 0 Å². The second-order valence-electron chi connectivity index (χ2n) is 4.49. The van der Waals surface area contributed by atoms with Crippen LogP contribution in [0.25, 0.3) is 0 Å². The van der Waals surface area contributed by atoms with Gasteiger partial charge in [0, 0.05) is 5.57 Å². The summed E-state index contributed by atoms with van der Waals surface area (Å²) in [5.74, 6) is -0.0622. The van der Waals surface area contributed by atoms with Gasteiger partial charge in [-0.05, 0) is 38.5 Å². The van der Waals surface area contributed by atoms with E-state index in [2.05, 4.69) is 13.8 Å². The van der Waals surface area contributed by atoms with Crippen LogP contribution in [0.1, 0.15) is 65.2 Å². The number of ether oxygens (including phenoxy) is 1. The molecule has 2 heteroatoms. The molecule has 0 amide bonds. The molecule has 0 radical (unpaired) electrons. The Morgan fingerprint density at radius 1 is 1.19 bits per heavy atom. The zero-order valence-electron chi connectivity index (χ0n) is 10.7. The SMILES string of the molecule is CCCCOC(=O)C(CC)=C1CCCCC1. The predicted molar refractivity (Wildman–Crippen MR) is 66.3 cm³/mol. The van der Waals surface area contributed by atoms with Gasteiger partial charge in [0.25, 0.3) is 0 Å². The molecule has 1 aliphatic rings. The van der Waals surface area contributed by atoms with E-state index in [1.54, 1.807) is 0 Å². The zero-order valence-corrected chi connectivity index (χ0v) is 10.7. The van der Waals surface area contributed by atoms with Crippen LogP contribution in [0.5, 0.6) is 0 Å². The Kier molecular flexibility index (Phi) is 6.20. The van der Waals surface area contributed by atoms with E-state index < -0.39 is 0 Å². The molecule has 0 unspecified atom stereocenters. The molecule has 0 N–H and O–H groups in total. The van der Waals surface area contributed by atoms with Gasteiger partial charge >= 0.3 is 5.97 Å². The standard InChI is InChI=1S/C14H24O2/c1-3-5-11-16-14(15)13(4-2)12-9-7-6-8-10-12/h3-11H2,1-2H3. The molecular formula is C14H24O2. The van der Waals surface area contributed by atoms with Gasteiger partial charge in [0.1, 0.15) is 0 Å². The molecule has 2 nitrogen and oxygen atoms in total. The van der Waals surface area contributed by atoms with Crippen molar-refractivity contribution < 1.29 is 9.53 Å². The van der Waals surface area contributed by atoms with Gasteiger partial charge in [-0.25, -0.2) is 4.79 Å². The average molecular weight is 224 g/mol. The normalized spacial score (nSPS) is 16.0. The minimum Gasteiger partial charge on any atom is -0.462 e. The van der Waals surface area contributed by atoms with Gasteiger partial charge in [-0.2, -0.15) is 0 Å². The molecule has 1 saturated carbocycles. The number of hydrogen-bond donors (Lipinski definition) is 0. The molecular weight excluding hydrogens is 200 g/mol. The Morgan fingerprint density at radius 2 is 1.88 bits per heavy atom. The van der Waals surface area contributed by atoms with Gasteiger partial charge in [-0.1, -0.05) is 32.3 Å². The molecule has 0 spiro atoms. The first-order chi connectivity index (χ1) is 7.79. The molecule has 0 bridgehead atoms. The van der Waals surface area contributed by atoms with Crippen LogP contribution in [-0.4, -0.2) is 12.6 Å². The van der Waals surface area contributed by atoms with Gasteiger partial charge in [0.2, 0.25) is 0 Å². The van der Waals surface area contributed by atoms with E-state index in [0.717, 1.165) is 37.7 Å². The minimum atomic E-state index is -0.0622. The van der Waals surface area contributed by atoms with Crippen molar-refractivity contribution in [3.8, 4) is 0 Å². The van der Waals surface area contributed by atoms with Crippen LogP contribution < -0.4 is 0 Å². The van der Waals surface area contributed by atoms with Crippen LogP contribution in [0.4, 0.5) is 0 Å². The maximum atomic E-state index is 11.9. The highest BCUT2D eigenvalue weighted by Crippen LogP contribution is 2.27. The first-order valence-corrected chi connectivity index (χ1v) is 6.67. The Labute approximate surface area is 99.1 Å². The molecule has 1 aliphatic carbocycles. The summed E-state index contributed by atoms with van der Waals surface area (Å²) >= 11 is 0. The number of carbonyl (C=O) groups excluding carboxylic acids is 1. The number of esters is 1. The van der Waals surface area contributed by atoms with Crippen LogP contribution in [0.2, 0.25) is 0 Å². The third-order valence-corrected chi connectivity index (χ3v) is 3.21. The van der Waals surface area contributed by atoms with E-state index in [1.807, 2.05) is 0 Å². The van der Waals surface area contributed by atoms with Crippen LogP contribution in [-0.2, 0) is 9.53 Å². The van der Waals surface area contributed by atoms with E-state index in [0.29, 0.717) is 6.61 Å². The van der Waals surface area contributed by atoms with Gasteiger partial charge in [0.15, 0.2) is 0 Å². The maximum absolute atomic E-state index is 11.9. The highest BCUT2D eigenvalue weighted by atomic mass is 16.5. The van der Waals surface area contributed by atoms with Crippen LogP contribution in [0.3, 0.4) is 0 Å². The molecule has 92 valence electrons. The predicted octanol–water partition coefficient (Wildman–Crippen LogP) is 4.00. The first kappa shape index (κ1) is 13.3. The van der Waals surface area contributed by atoms with E-state index in [4.69, 9.17) is 4.74 Å². The second-order valence-corrected chi connectivity index (χ2v) is 4.49. The van der Waals surface area contributed by atoms with Crippen LogP contribution >= 0.6 is 0 Å². The molecule has 1 fully saturated rings. The van der Waals surface area contributed by atoms with Crippen molar-refractivity contribution >= 4 is 5.97 Å². The molecule has 0 aromatic heterocycles. The number of hydrogen-bond acceptors (Lipinski definition) is 2. The fourth-order valence-corrected chi connectivity index (χ4v) is 2.22. The van der Waals surface area contributed by atoms with Crippen LogP contribution in [0.15, 0.2) is 11.1 Å². The smallest absolute Gasteiger partial charge is 0.333 e. The summed E-state index contributed by atoms with van der Waals surface area (Å²) in [6, 6.07) is 0. The lowest BCUT2D eigenvalue weighted by Crippen LogP contribution is -2.12. The Hall–Kier alpha value is -0.790. The van der Waals surface area contributed by atoms with E-state index in [9.17, 15) is 4.79 Å². The van der Waals surface area contributed by atoms with E-state index >= 15 is 0 Å². The van der Waals surface area contributed by atoms with Crippen molar-refractivity contribution in [3.05, 3.63) is 11.1 Å². The summed E-state index contributed by atoms with van der Waals surface area (Å²) < 4.78 is 5.29. The Morgan fingerprint density at radius 3 is 2.44 bits per heavy atom. The first-order valence-electron chi connectivity index (χ1n) is 6.67. The third-order valence-electron chi connectivity index (χ3n) is 3.21. The largest absolute Gasteiger partial charge is 0.462 e. The van der Waals surface area contributed by atoms with Gasteiger partial charge < -0.3 is 4.74 Å². The van der Waals surface area contributed by atoms with Gasteiger partial charge in [-0.3, -0.25) is 0 Å². The molecule has 0 aromatic carbocycles. The maximum Gasteiger partial charge on any atom is 0.333 e. The Bertz CT molecular complexity index is 245. The highest BCUT2D eigenvalue weighted by molar-refractivity contribution is 5.89. The average Bonchev–Trinajstić information content (AvgIpc) is 2.32. The summed E-state index contributed by atoms with van der Waals surface area (Å²) in [4.78, 5) is 11.9. The van der Waals surface area contributed by atoms with Crippen molar-refractivity contribution in [2.45, 2.75) is 65.2 Å². The number of carbonyl (C=O) groups is 1. The summed E-state index contributed by atoms with van der Waals surface area (Å²) in [5, 5.41) is 0. The third kappa shape index (κ3) is 3.99. The molecule has 16 heavy (non-hydrogen) atoms. The molecule has 1 rings (SSSR count). The second kappa shape index (κ2) is 7.48. The van der Waals surface area contributed by atoms with Crippen molar-refractivity contribution in [2.24, 2.45) is 0 Å². The number of allylic oxidation sites excluding steroid dienone is 1. The summed E-state index contributed by atoms with van der Waals surface area (Å²) in [5.41, 5.74) is 2.31. The Balaban J connectivity index is 2.54. The lowest BCUT2D eigenvalue weighted by molar-refractivity contribution is -0.139. The zero-order chi connectivity index (χ0) is 11.8. The minimum absolute atomic E-state index is 0.0622. The molecule has 0 atom stereocenters. The lowest BCUT2D eigenvalue weighted by Gasteiger charge is -2.17. The van der Waals surface area contributed by atoms with Gasteiger partial charge in [-0.15, -0.1) is 0 Å². The number of unbranched alkanes of at least 4 members (excludes halogenated alkanes) is 1. The van der Waals surface area contributed by atoms with E-state index in [1.165, 1.54) is 24.8 Å². The summed E-state index contributed by atoms with van der Waals surface area (Å²) in [6.07, 6.45) is 8.86. The molecule has 0 heterocycles. The summed E-state index contributed by atoms with van der Waals surface area (Å²) in [6.45, 7) is 4.73.